The lowest BCUT2D eigenvalue weighted by Gasteiger charge is -2.42. The topological polar surface area (TPSA) is 59.0 Å². The van der Waals surface area contributed by atoms with Gasteiger partial charge in [0.1, 0.15) is 11.4 Å². The lowest BCUT2D eigenvalue weighted by molar-refractivity contribution is -0.139. The third-order valence-electron chi connectivity index (χ3n) is 5.77. The Morgan fingerprint density at radius 1 is 1.22 bits per heavy atom. The molecule has 0 aromatic heterocycles. The van der Waals surface area contributed by atoms with Crippen molar-refractivity contribution in [2.75, 3.05) is 26.2 Å². The van der Waals surface area contributed by atoms with E-state index in [1.807, 2.05) is 49.1 Å². The molecule has 2 heterocycles. The lowest BCUT2D eigenvalue weighted by atomic mass is 9.83. The summed E-state index contributed by atoms with van der Waals surface area (Å²) in [5.74, 6) is 0.143. The van der Waals surface area contributed by atoms with Crippen LogP contribution in [0, 0.1) is 11.7 Å². The zero-order chi connectivity index (χ0) is 22.0. The standard InChI is InChI=1S/C25H28FNO4.ClH/c1-17(2)16-30-23-8-7-18(13-21(23)26)20-14-25(31-22-6-4-3-5-19(20)22)9-11-27(12-10-25)15-24(28)29;/h3-8,13-14,17H,9-12,15-16H2,1-2H3,(H,28,29);1H. The Labute approximate surface area is 194 Å². The summed E-state index contributed by atoms with van der Waals surface area (Å²) in [6.45, 7) is 5.82. The van der Waals surface area contributed by atoms with Crippen LogP contribution in [0.2, 0.25) is 0 Å². The van der Waals surface area contributed by atoms with E-state index in [1.165, 1.54) is 6.07 Å². The maximum absolute atomic E-state index is 14.8. The predicted octanol–water partition coefficient (Wildman–Crippen LogP) is 5.03. The first-order chi connectivity index (χ1) is 14.8. The van der Waals surface area contributed by atoms with Gasteiger partial charge in [-0.25, -0.2) is 4.39 Å². The number of fused-ring (bicyclic) bond motifs is 1. The minimum atomic E-state index is -0.822. The lowest BCUT2D eigenvalue weighted by Crippen LogP contribution is -2.49. The summed E-state index contributed by atoms with van der Waals surface area (Å²) in [6.07, 6.45) is 3.45. The molecule has 2 aromatic carbocycles. The molecule has 0 bridgehead atoms. The third-order valence-corrected chi connectivity index (χ3v) is 5.77. The van der Waals surface area contributed by atoms with Gasteiger partial charge in [0.05, 0.1) is 13.2 Å². The van der Waals surface area contributed by atoms with E-state index in [4.69, 9.17) is 14.6 Å². The molecule has 2 aliphatic rings. The smallest absolute Gasteiger partial charge is 0.317 e. The molecule has 1 saturated heterocycles. The van der Waals surface area contributed by atoms with Crippen molar-refractivity contribution in [2.45, 2.75) is 32.3 Å². The molecule has 1 spiro atoms. The van der Waals surface area contributed by atoms with Crippen molar-refractivity contribution in [1.82, 2.24) is 4.90 Å². The third kappa shape index (κ3) is 5.25. The molecule has 1 fully saturated rings. The molecule has 5 nitrogen and oxygen atoms in total. The van der Waals surface area contributed by atoms with Gasteiger partial charge in [0.2, 0.25) is 0 Å². The maximum Gasteiger partial charge on any atom is 0.317 e. The summed E-state index contributed by atoms with van der Waals surface area (Å²) in [5.41, 5.74) is 2.11. The van der Waals surface area contributed by atoms with E-state index >= 15 is 0 Å². The molecule has 172 valence electrons. The van der Waals surface area contributed by atoms with Crippen LogP contribution in [-0.4, -0.2) is 47.8 Å². The van der Waals surface area contributed by atoms with E-state index in [9.17, 15) is 9.18 Å². The number of aliphatic carboxylic acids is 1. The molecule has 2 aromatic rings. The van der Waals surface area contributed by atoms with Crippen molar-refractivity contribution in [3.63, 3.8) is 0 Å². The van der Waals surface area contributed by atoms with Crippen LogP contribution in [0.4, 0.5) is 4.39 Å². The molecule has 7 heteroatoms. The van der Waals surface area contributed by atoms with Crippen molar-refractivity contribution < 1.29 is 23.8 Å². The first kappa shape index (κ1) is 24.1. The number of ether oxygens (including phenoxy) is 2. The highest BCUT2D eigenvalue weighted by Crippen LogP contribution is 2.43. The number of rotatable bonds is 6. The summed E-state index contributed by atoms with van der Waals surface area (Å²) in [4.78, 5) is 13.0. The van der Waals surface area contributed by atoms with Crippen molar-refractivity contribution in [1.29, 1.82) is 0 Å². The van der Waals surface area contributed by atoms with E-state index in [0.29, 0.717) is 38.5 Å². The van der Waals surface area contributed by atoms with Crippen LogP contribution >= 0.6 is 12.4 Å². The van der Waals surface area contributed by atoms with E-state index in [2.05, 4.69) is 6.08 Å². The average molecular weight is 462 g/mol. The highest BCUT2D eigenvalue weighted by atomic mass is 35.5. The largest absolute Gasteiger partial charge is 0.490 e. The second-order valence-corrected chi connectivity index (χ2v) is 8.74. The average Bonchev–Trinajstić information content (AvgIpc) is 2.74. The van der Waals surface area contributed by atoms with Gasteiger partial charge in [0.15, 0.2) is 11.6 Å². The van der Waals surface area contributed by atoms with Crippen LogP contribution in [0.25, 0.3) is 5.57 Å². The quantitative estimate of drug-likeness (QED) is 0.654. The number of carboxylic acids is 1. The number of carbonyl (C=O) groups is 1. The van der Waals surface area contributed by atoms with Gasteiger partial charge in [0.25, 0.3) is 0 Å². The van der Waals surface area contributed by atoms with Crippen LogP contribution in [-0.2, 0) is 4.79 Å². The molecule has 0 aliphatic carbocycles. The molecule has 0 amide bonds. The van der Waals surface area contributed by atoms with Gasteiger partial charge in [-0.15, -0.1) is 12.4 Å². The monoisotopic (exact) mass is 461 g/mol. The zero-order valence-corrected chi connectivity index (χ0v) is 19.2. The number of para-hydroxylation sites is 1. The number of carboxylic acid groups (broad SMARTS) is 1. The number of likely N-dealkylation sites (tertiary alicyclic amines) is 1. The van der Waals surface area contributed by atoms with Gasteiger partial charge >= 0.3 is 5.97 Å². The number of hydrogen-bond acceptors (Lipinski definition) is 4. The molecule has 0 unspecified atom stereocenters. The van der Waals surface area contributed by atoms with E-state index in [1.54, 1.807) is 6.07 Å². The fourth-order valence-electron chi connectivity index (χ4n) is 4.18. The van der Waals surface area contributed by atoms with Gasteiger partial charge in [-0.1, -0.05) is 38.1 Å². The molecule has 0 atom stereocenters. The molecular weight excluding hydrogens is 433 g/mol. The first-order valence-electron chi connectivity index (χ1n) is 10.7. The number of benzene rings is 2. The number of piperidine rings is 1. The van der Waals surface area contributed by atoms with Crippen molar-refractivity contribution in [2.24, 2.45) is 5.92 Å². The zero-order valence-electron chi connectivity index (χ0n) is 18.3. The van der Waals surface area contributed by atoms with Crippen LogP contribution < -0.4 is 9.47 Å². The molecule has 4 rings (SSSR count). The van der Waals surface area contributed by atoms with Gasteiger partial charge in [-0.3, -0.25) is 9.69 Å². The number of nitrogens with zero attached hydrogens (tertiary/aromatic N) is 1. The second-order valence-electron chi connectivity index (χ2n) is 8.74. The summed E-state index contributed by atoms with van der Waals surface area (Å²) in [6, 6.07) is 12.9. The van der Waals surface area contributed by atoms with Gasteiger partial charge in [0, 0.05) is 31.5 Å². The molecular formula is C25H29ClFNO4. The summed E-state index contributed by atoms with van der Waals surface area (Å²) >= 11 is 0. The van der Waals surface area contributed by atoms with E-state index in [0.717, 1.165) is 22.4 Å². The molecule has 0 saturated carbocycles. The minimum Gasteiger partial charge on any atom is -0.490 e. The van der Waals surface area contributed by atoms with Crippen LogP contribution in [0.15, 0.2) is 48.5 Å². The maximum atomic E-state index is 14.8. The molecule has 32 heavy (non-hydrogen) atoms. The van der Waals surface area contributed by atoms with Crippen LogP contribution in [0.1, 0.15) is 37.8 Å². The van der Waals surface area contributed by atoms with E-state index in [-0.39, 0.29) is 30.5 Å². The number of halogens is 2. The van der Waals surface area contributed by atoms with Crippen molar-refractivity contribution in [3.8, 4) is 11.5 Å². The Morgan fingerprint density at radius 3 is 2.59 bits per heavy atom. The first-order valence-corrected chi connectivity index (χ1v) is 10.7. The predicted molar refractivity (Wildman–Crippen MR) is 124 cm³/mol. The van der Waals surface area contributed by atoms with Crippen LogP contribution in [0.3, 0.4) is 0 Å². The van der Waals surface area contributed by atoms with Gasteiger partial charge < -0.3 is 14.6 Å². The fraction of sp³-hybridized carbons (Fsp3) is 0.400. The van der Waals surface area contributed by atoms with Crippen LogP contribution in [0.5, 0.6) is 11.5 Å². The Balaban J connectivity index is 0.00000289. The minimum absolute atomic E-state index is 0. The van der Waals surface area contributed by atoms with Crippen molar-refractivity contribution in [3.05, 3.63) is 65.5 Å². The Hall–Kier alpha value is -2.57. The highest BCUT2D eigenvalue weighted by molar-refractivity contribution is 5.85. The SMILES string of the molecule is CC(C)COc1ccc(C2=CC3(CCN(CC(=O)O)CC3)Oc3ccccc32)cc1F.Cl. The Bertz CT molecular complexity index is 999. The summed E-state index contributed by atoms with van der Waals surface area (Å²) in [7, 11) is 0. The second kappa shape index (κ2) is 9.92. The molecule has 2 aliphatic heterocycles. The highest BCUT2D eigenvalue weighted by Gasteiger charge is 2.39. The molecule has 0 radical (unpaired) electrons. The molecule has 1 N–H and O–H groups in total. The Morgan fingerprint density at radius 2 is 1.94 bits per heavy atom. The summed E-state index contributed by atoms with van der Waals surface area (Å²) in [5, 5.41) is 9.07. The van der Waals surface area contributed by atoms with Crippen molar-refractivity contribution >= 4 is 23.9 Å². The normalized spacial score (nSPS) is 17.2. The van der Waals surface area contributed by atoms with Gasteiger partial charge in [-0.2, -0.15) is 0 Å². The Kier molecular flexibility index (Phi) is 7.47. The van der Waals surface area contributed by atoms with E-state index < -0.39 is 11.6 Å². The van der Waals surface area contributed by atoms with Gasteiger partial charge in [-0.05, 0) is 41.3 Å². The fourth-order valence-corrected chi connectivity index (χ4v) is 4.18. The summed E-state index contributed by atoms with van der Waals surface area (Å²) < 4.78 is 26.8. The number of hydrogen-bond donors (Lipinski definition) is 1.